The molecule has 0 saturated heterocycles. The Labute approximate surface area is 99.2 Å². The summed E-state index contributed by atoms with van der Waals surface area (Å²) < 4.78 is 26.3. The fraction of sp³-hybridized carbons (Fsp3) is 1.00. The Bertz CT molecular complexity index is 286. The van der Waals surface area contributed by atoms with Gasteiger partial charge >= 0.3 is 0 Å². The molecule has 16 heavy (non-hydrogen) atoms. The molecular formula is C11H24N2O2S. The first-order valence-corrected chi connectivity index (χ1v) is 7.93. The lowest BCUT2D eigenvalue weighted by Crippen LogP contribution is -2.38. The highest BCUT2D eigenvalue weighted by molar-refractivity contribution is 7.89. The van der Waals surface area contributed by atoms with Crippen LogP contribution in [0.5, 0.6) is 0 Å². The molecule has 4 nitrogen and oxygen atoms in total. The minimum Gasteiger partial charge on any atom is -0.316 e. The standard InChI is InChI=1S/C11H24N2O2S/c1-3-11(9-10-5-6-10)13-16(14,15)8-7-12-4-2/h10-13H,3-9H2,1-2H3. The van der Waals surface area contributed by atoms with E-state index < -0.39 is 10.0 Å². The van der Waals surface area contributed by atoms with E-state index in [2.05, 4.69) is 10.0 Å². The second-order valence-electron chi connectivity index (χ2n) is 4.57. The van der Waals surface area contributed by atoms with Crippen molar-refractivity contribution in [1.82, 2.24) is 10.0 Å². The van der Waals surface area contributed by atoms with Crippen molar-refractivity contribution in [1.29, 1.82) is 0 Å². The van der Waals surface area contributed by atoms with Gasteiger partial charge in [0.15, 0.2) is 0 Å². The second kappa shape index (κ2) is 6.57. The van der Waals surface area contributed by atoms with Crippen molar-refractivity contribution in [3.05, 3.63) is 0 Å². The zero-order chi connectivity index (χ0) is 12.0. The summed E-state index contributed by atoms with van der Waals surface area (Å²) in [6.45, 7) is 5.36. The zero-order valence-corrected chi connectivity index (χ0v) is 11.1. The lowest BCUT2D eigenvalue weighted by Gasteiger charge is -2.16. The Morgan fingerprint density at radius 2 is 2.00 bits per heavy atom. The van der Waals surface area contributed by atoms with E-state index in [4.69, 9.17) is 0 Å². The van der Waals surface area contributed by atoms with Gasteiger partial charge in [-0.2, -0.15) is 0 Å². The molecule has 1 atom stereocenters. The van der Waals surface area contributed by atoms with Gasteiger partial charge in [-0.15, -0.1) is 0 Å². The summed E-state index contributed by atoms with van der Waals surface area (Å²) in [5.41, 5.74) is 0. The minimum atomic E-state index is -3.10. The van der Waals surface area contributed by atoms with Crippen LogP contribution in [0.1, 0.15) is 39.5 Å². The van der Waals surface area contributed by atoms with E-state index >= 15 is 0 Å². The van der Waals surface area contributed by atoms with E-state index in [1.165, 1.54) is 12.8 Å². The molecule has 1 rings (SSSR count). The molecule has 0 spiro atoms. The fourth-order valence-corrected chi connectivity index (χ4v) is 3.05. The first-order chi connectivity index (χ1) is 7.57. The number of hydrogen-bond acceptors (Lipinski definition) is 3. The largest absolute Gasteiger partial charge is 0.316 e. The van der Waals surface area contributed by atoms with Gasteiger partial charge in [-0.25, -0.2) is 13.1 Å². The Kier molecular flexibility index (Phi) is 5.72. The Morgan fingerprint density at radius 3 is 2.50 bits per heavy atom. The summed E-state index contributed by atoms with van der Waals surface area (Å²) in [4.78, 5) is 0. The van der Waals surface area contributed by atoms with Crippen molar-refractivity contribution < 1.29 is 8.42 Å². The molecular weight excluding hydrogens is 224 g/mol. The number of hydrogen-bond donors (Lipinski definition) is 2. The monoisotopic (exact) mass is 248 g/mol. The number of sulfonamides is 1. The Balaban J connectivity index is 2.29. The maximum absolute atomic E-state index is 11.7. The number of rotatable bonds is 9. The predicted octanol–water partition coefficient (Wildman–Crippen LogP) is 1.09. The lowest BCUT2D eigenvalue weighted by molar-refractivity contribution is 0.494. The van der Waals surface area contributed by atoms with Crippen LogP contribution in [-0.4, -0.2) is 33.3 Å². The fourth-order valence-electron chi connectivity index (χ4n) is 1.75. The molecule has 1 aliphatic rings. The molecule has 1 aliphatic carbocycles. The van der Waals surface area contributed by atoms with Gasteiger partial charge in [0, 0.05) is 12.6 Å². The summed E-state index contributed by atoms with van der Waals surface area (Å²) in [6.07, 6.45) is 4.44. The van der Waals surface area contributed by atoms with E-state index in [1.54, 1.807) is 0 Å². The molecule has 0 bridgehead atoms. The van der Waals surface area contributed by atoms with Crippen molar-refractivity contribution in [2.75, 3.05) is 18.8 Å². The Hall–Kier alpha value is -0.130. The van der Waals surface area contributed by atoms with Gasteiger partial charge in [-0.05, 0) is 25.3 Å². The summed E-state index contributed by atoms with van der Waals surface area (Å²) in [5, 5.41) is 3.03. The third-order valence-corrected chi connectivity index (χ3v) is 4.39. The second-order valence-corrected chi connectivity index (χ2v) is 6.45. The van der Waals surface area contributed by atoms with Crippen molar-refractivity contribution >= 4 is 10.0 Å². The molecule has 0 radical (unpaired) electrons. The zero-order valence-electron chi connectivity index (χ0n) is 10.3. The van der Waals surface area contributed by atoms with Crippen LogP contribution in [0.3, 0.4) is 0 Å². The van der Waals surface area contributed by atoms with Gasteiger partial charge in [0.25, 0.3) is 0 Å². The molecule has 0 aliphatic heterocycles. The van der Waals surface area contributed by atoms with E-state index in [1.807, 2.05) is 13.8 Å². The van der Waals surface area contributed by atoms with Crippen LogP contribution in [0.4, 0.5) is 0 Å². The molecule has 0 heterocycles. The summed E-state index contributed by atoms with van der Waals surface area (Å²) in [5.74, 6) is 0.948. The quantitative estimate of drug-likeness (QED) is 0.601. The topological polar surface area (TPSA) is 58.2 Å². The van der Waals surface area contributed by atoms with Gasteiger partial charge in [0.1, 0.15) is 0 Å². The van der Waals surface area contributed by atoms with Crippen LogP contribution in [0.2, 0.25) is 0 Å². The van der Waals surface area contributed by atoms with Crippen molar-refractivity contribution in [2.24, 2.45) is 5.92 Å². The highest BCUT2D eigenvalue weighted by atomic mass is 32.2. The van der Waals surface area contributed by atoms with Crippen LogP contribution in [0.25, 0.3) is 0 Å². The van der Waals surface area contributed by atoms with Crippen LogP contribution in [0.15, 0.2) is 0 Å². The summed E-state index contributed by atoms with van der Waals surface area (Å²) in [7, 11) is -3.10. The molecule has 1 fully saturated rings. The normalized spacial score (nSPS) is 18.6. The molecule has 5 heteroatoms. The summed E-state index contributed by atoms with van der Waals surface area (Å²) >= 11 is 0. The molecule has 96 valence electrons. The third kappa shape index (κ3) is 5.82. The van der Waals surface area contributed by atoms with E-state index in [0.717, 1.165) is 25.3 Å². The average molecular weight is 248 g/mol. The SMILES string of the molecule is CCNCCS(=O)(=O)NC(CC)CC1CC1. The molecule has 0 aromatic rings. The van der Waals surface area contributed by atoms with Crippen LogP contribution < -0.4 is 10.0 Å². The van der Waals surface area contributed by atoms with Gasteiger partial charge in [-0.3, -0.25) is 0 Å². The van der Waals surface area contributed by atoms with Gasteiger partial charge in [0.05, 0.1) is 5.75 Å². The number of nitrogens with one attached hydrogen (secondary N) is 2. The predicted molar refractivity (Wildman–Crippen MR) is 66.9 cm³/mol. The smallest absolute Gasteiger partial charge is 0.213 e. The van der Waals surface area contributed by atoms with E-state index in [-0.39, 0.29) is 11.8 Å². The van der Waals surface area contributed by atoms with Crippen LogP contribution in [0, 0.1) is 5.92 Å². The molecule has 1 saturated carbocycles. The van der Waals surface area contributed by atoms with Crippen LogP contribution >= 0.6 is 0 Å². The molecule has 2 N–H and O–H groups in total. The molecule has 1 unspecified atom stereocenters. The minimum absolute atomic E-state index is 0.138. The highest BCUT2D eigenvalue weighted by Gasteiger charge is 2.26. The maximum Gasteiger partial charge on any atom is 0.213 e. The van der Waals surface area contributed by atoms with E-state index in [9.17, 15) is 8.42 Å². The lowest BCUT2D eigenvalue weighted by atomic mass is 10.1. The molecule has 0 aromatic carbocycles. The third-order valence-electron chi connectivity index (χ3n) is 2.95. The van der Waals surface area contributed by atoms with Gasteiger partial charge in [0.2, 0.25) is 10.0 Å². The van der Waals surface area contributed by atoms with Crippen molar-refractivity contribution in [2.45, 2.75) is 45.6 Å². The van der Waals surface area contributed by atoms with E-state index in [0.29, 0.717) is 6.54 Å². The van der Waals surface area contributed by atoms with Crippen LogP contribution in [-0.2, 0) is 10.0 Å². The summed E-state index contributed by atoms with van der Waals surface area (Å²) in [6, 6.07) is 0.138. The van der Waals surface area contributed by atoms with Crippen molar-refractivity contribution in [3.63, 3.8) is 0 Å². The maximum atomic E-state index is 11.7. The molecule has 0 aromatic heterocycles. The van der Waals surface area contributed by atoms with Crippen molar-refractivity contribution in [3.8, 4) is 0 Å². The average Bonchev–Trinajstić information content (AvgIpc) is 3.00. The van der Waals surface area contributed by atoms with Gasteiger partial charge < -0.3 is 5.32 Å². The highest BCUT2D eigenvalue weighted by Crippen LogP contribution is 2.34. The molecule has 0 amide bonds. The Morgan fingerprint density at radius 1 is 1.31 bits per heavy atom. The first-order valence-electron chi connectivity index (χ1n) is 6.28. The van der Waals surface area contributed by atoms with Gasteiger partial charge in [-0.1, -0.05) is 26.7 Å². The first kappa shape index (κ1) is 13.9.